The quantitative estimate of drug-likeness (QED) is 0.607. The van der Waals surface area contributed by atoms with Crippen LogP contribution in [0.1, 0.15) is 11.4 Å². The van der Waals surface area contributed by atoms with E-state index < -0.39 is 0 Å². The number of aryl methyl sites for hydroxylation is 1. The van der Waals surface area contributed by atoms with E-state index in [4.69, 9.17) is 11.6 Å². The van der Waals surface area contributed by atoms with Crippen LogP contribution in [0.15, 0.2) is 53.3 Å². The standard InChI is InChI=1S/C18H17ClN8/c1-11-6-16(27-26-11)24-17-13(19)10-23-18(25-17)22-9-12-7-15(21-8-12)14-4-2-3-5-20-14/h2-7,10H,8-9H2,1H3,(H3,22,23,24,25,26,27). The van der Waals surface area contributed by atoms with Crippen molar-refractivity contribution in [3.8, 4) is 0 Å². The molecule has 0 saturated heterocycles. The zero-order chi connectivity index (χ0) is 18.6. The maximum atomic E-state index is 6.18. The van der Waals surface area contributed by atoms with Crippen molar-refractivity contribution in [1.82, 2.24) is 25.1 Å². The van der Waals surface area contributed by atoms with Gasteiger partial charge in [0.05, 0.1) is 24.1 Å². The maximum Gasteiger partial charge on any atom is 0.224 e. The van der Waals surface area contributed by atoms with Crippen LogP contribution >= 0.6 is 11.6 Å². The van der Waals surface area contributed by atoms with Crippen molar-refractivity contribution in [1.29, 1.82) is 0 Å². The van der Waals surface area contributed by atoms with Gasteiger partial charge in [-0.3, -0.25) is 15.1 Å². The van der Waals surface area contributed by atoms with Gasteiger partial charge >= 0.3 is 0 Å². The molecule has 136 valence electrons. The summed E-state index contributed by atoms with van der Waals surface area (Å²) in [5.74, 6) is 1.61. The SMILES string of the molecule is Cc1cc(Nc2nc(NCC3=CC(c4ccccn4)=NC3)ncc2Cl)n[nH]1. The van der Waals surface area contributed by atoms with Crippen LogP contribution in [0.2, 0.25) is 5.02 Å². The Hall–Kier alpha value is -3.26. The van der Waals surface area contributed by atoms with Crippen molar-refractivity contribution in [2.75, 3.05) is 23.7 Å². The molecule has 0 amide bonds. The third kappa shape index (κ3) is 4.12. The summed E-state index contributed by atoms with van der Waals surface area (Å²) in [6.07, 6.45) is 5.35. The summed E-state index contributed by atoms with van der Waals surface area (Å²) < 4.78 is 0. The smallest absolute Gasteiger partial charge is 0.224 e. The fourth-order valence-electron chi connectivity index (χ4n) is 2.58. The summed E-state index contributed by atoms with van der Waals surface area (Å²) in [7, 11) is 0. The number of nitrogens with zero attached hydrogens (tertiary/aromatic N) is 5. The third-order valence-corrected chi connectivity index (χ3v) is 4.17. The van der Waals surface area contributed by atoms with Gasteiger partial charge < -0.3 is 10.6 Å². The summed E-state index contributed by atoms with van der Waals surface area (Å²) in [6, 6.07) is 7.65. The van der Waals surface area contributed by atoms with Gasteiger partial charge in [-0.1, -0.05) is 17.7 Å². The number of halogens is 1. The molecular formula is C18H17ClN8. The molecule has 0 aromatic carbocycles. The molecule has 1 aliphatic rings. The Bertz CT molecular complexity index is 1010. The first kappa shape index (κ1) is 17.2. The van der Waals surface area contributed by atoms with Gasteiger partial charge in [-0.2, -0.15) is 10.1 Å². The number of hydrogen-bond acceptors (Lipinski definition) is 7. The van der Waals surface area contributed by atoms with Gasteiger partial charge in [0.2, 0.25) is 5.95 Å². The number of nitrogens with one attached hydrogen (secondary N) is 3. The number of H-pyrrole nitrogens is 1. The monoisotopic (exact) mass is 380 g/mol. The molecule has 0 fully saturated rings. The van der Waals surface area contributed by atoms with Gasteiger partial charge in [-0.15, -0.1) is 0 Å². The van der Waals surface area contributed by atoms with E-state index in [1.807, 2.05) is 37.3 Å². The molecule has 0 atom stereocenters. The Labute approximate surface area is 160 Å². The lowest BCUT2D eigenvalue weighted by Gasteiger charge is -2.08. The highest BCUT2D eigenvalue weighted by molar-refractivity contribution is 6.32. The molecule has 4 rings (SSSR count). The summed E-state index contributed by atoms with van der Waals surface area (Å²) in [5.41, 5.74) is 3.83. The zero-order valence-electron chi connectivity index (χ0n) is 14.6. The Morgan fingerprint density at radius 3 is 2.96 bits per heavy atom. The summed E-state index contributed by atoms with van der Waals surface area (Å²) in [5, 5.41) is 13.7. The van der Waals surface area contributed by atoms with Crippen LogP contribution in [0.3, 0.4) is 0 Å². The number of allylic oxidation sites excluding steroid dienone is 1. The van der Waals surface area contributed by atoms with Crippen molar-refractivity contribution in [2.45, 2.75) is 6.92 Å². The van der Waals surface area contributed by atoms with Crippen molar-refractivity contribution >= 4 is 34.9 Å². The summed E-state index contributed by atoms with van der Waals surface area (Å²) >= 11 is 6.18. The van der Waals surface area contributed by atoms with E-state index in [1.165, 1.54) is 0 Å². The largest absolute Gasteiger partial charge is 0.350 e. The van der Waals surface area contributed by atoms with E-state index in [2.05, 4.69) is 40.8 Å². The Balaban J connectivity index is 1.41. The Kier molecular flexibility index (Phi) is 4.80. The van der Waals surface area contributed by atoms with E-state index in [0.717, 1.165) is 22.7 Å². The zero-order valence-corrected chi connectivity index (χ0v) is 15.3. The van der Waals surface area contributed by atoms with Crippen molar-refractivity contribution in [3.05, 3.63) is 64.7 Å². The summed E-state index contributed by atoms with van der Waals surface area (Å²) in [6.45, 7) is 3.13. The molecule has 0 bridgehead atoms. The molecule has 0 radical (unpaired) electrons. The number of hydrogen-bond donors (Lipinski definition) is 3. The topological polar surface area (TPSA) is 104 Å². The lowest BCUT2D eigenvalue weighted by molar-refractivity contribution is 1.04. The molecule has 0 unspecified atom stereocenters. The molecular weight excluding hydrogens is 364 g/mol. The van der Waals surface area contributed by atoms with Gasteiger partial charge in [0.1, 0.15) is 5.02 Å². The number of aliphatic imine (C=N–C) groups is 1. The number of rotatable bonds is 6. The molecule has 0 aliphatic carbocycles. The molecule has 9 heteroatoms. The molecule has 1 aliphatic heterocycles. The molecule has 4 heterocycles. The first-order valence-corrected chi connectivity index (χ1v) is 8.76. The highest BCUT2D eigenvalue weighted by atomic mass is 35.5. The Morgan fingerprint density at radius 2 is 2.19 bits per heavy atom. The Morgan fingerprint density at radius 1 is 1.26 bits per heavy atom. The van der Waals surface area contributed by atoms with Crippen LogP contribution < -0.4 is 10.6 Å². The fourth-order valence-corrected chi connectivity index (χ4v) is 2.72. The normalized spacial score (nSPS) is 13.3. The highest BCUT2D eigenvalue weighted by Gasteiger charge is 2.12. The van der Waals surface area contributed by atoms with Gasteiger partial charge in [-0.25, -0.2) is 4.98 Å². The average molecular weight is 381 g/mol. The molecule has 3 N–H and O–H groups in total. The van der Waals surface area contributed by atoms with Crippen molar-refractivity contribution < 1.29 is 0 Å². The predicted molar refractivity (Wildman–Crippen MR) is 106 cm³/mol. The summed E-state index contributed by atoms with van der Waals surface area (Å²) in [4.78, 5) is 17.5. The molecule has 0 spiro atoms. The first-order valence-electron chi connectivity index (χ1n) is 8.38. The second-order valence-corrected chi connectivity index (χ2v) is 6.43. The van der Waals surface area contributed by atoms with Crippen LogP contribution in [0, 0.1) is 6.92 Å². The fraction of sp³-hybridized carbons (Fsp3) is 0.167. The number of anilines is 3. The molecule has 3 aromatic rings. The van der Waals surface area contributed by atoms with Gasteiger partial charge in [-0.05, 0) is 30.7 Å². The number of aromatic amines is 1. The maximum absolute atomic E-state index is 6.18. The first-order chi connectivity index (χ1) is 13.2. The van der Waals surface area contributed by atoms with E-state index in [9.17, 15) is 0 Å². The minimum absolute atomic E-state index is 0.419. The lowest BCUT2D eigenvalue weighted by Crippen LogP contribution is -2.09. The third-order valence-electron chi connectivity index (χ3n) is 3.89. The average Bonchev–Trinajstić information content (AvgIpc) is 3.32. The predicted octanol–water partition coefficient (Wildman–Crippen LogP) is 3.14. The minimum atomic E-state index is 0.419. The molecule has 3 aromatic heterocycles. The van der Waals surface area contributed by atoms with E-state index in [-0.39, 0.29) is 0 Å². The lowest BCUT2D eigenvalue weighted by atomic mass is 10.2. The minimum Gasteiger partial charge on any atom is -0.350 e. The van der Waals surface area contributed by atoms with Crippen LogP contribution in [0.25, 0.3) is 0 Å². The van der Waals surface area contributed by atoms with Gasteiger partial charge in [0.25, 0.3) is 0 Å². The number of aromatic nitrogens is 5. The van der Waals surface area contributed by atoms with E-state index >= 15 is 0 Å². The molecule has 0 saturated carbocycles. The van der Waals surface area contributed by atoms with Gasteiger partial charge in [0.15, 0.2) is 11.6 Å². The number of pyridine rings is 1. The van der Waals surface area contributed by atoms with Crippen LogP contribution in [0.4, 0.5) is 17.6 Å². The van der Waals surface area contributed by atoms with Crippen molar-refractivity contribution in [2.24, 2.45) is 4.99 Å². The van der Waals surface area contributed by atoms with Crippen LogP contribution in [0.5, 0.6) is 0 Å². The molecule has 27 heavy (non-hydrogen) atoms. The second kappa shape index (κ2) is 7.55. The second-order valence-electron chi connectivity index (χ2n) is 6.02. The van der Waals surface area contributed by atoms with E-state index in [1.54, 1.807) is 12.4 Å². The molecule has 8 nitrogen and oxygen atoms in total. The van der Waals surface area contributed by atoms with Gasteiger partial charge in [0, 0.05) is 24.5 Å². The van der Waals surface area contributed by atoms with E-state index in [0.29, 0.717) is 35.7 Å². The van der Waals surface area contributed by atoms with Crippen molar-refractivity contribution in [3.63, 3.8) is 0 Å². The van der Waals surface area contributed by atoms with Crippen LogP contribution in [-0.4, -0.2) is 44.0 Å². The van der Waals surface area contributed by atoms with Crippen LogP contribution in [-0.2, 0) is 0 Å². The highest BCUT2D eigenvalue weighted by Crippen LogP contribution is 2.23.